The summed E-state index contributed by atoms with van der Waals surface area (Å²) in [6, 6.07) is 13.5. The number of benzene rings is 2. The molecule has 0 bridgehead atoms. The van der Waals surface area contributed by atoms with Crippen LogP contribution in [0.3, 0.4) is 0 Å². The molecule has 27 heavy (non-hydrogen) atoms. The first-order valence-electron chi connectivity index (χ1n) is 8.17. The molecule has 3 N–H and O–H groups in total. The number of anilines is 1. The van der Waals surface area contributed by atoms with E-state index in [1.807, 2.05) is 0 Å². The zero-order valence-corrected chi connectivity index (χ0v) is 15.9. The minimum absolute atomic E-state index is 0.0907. The monoisotopic (exact) mass is 387 g/mol. The number of para-hydroxylation sites is 1. The maximum atomic E-state index is 12.3. The van der Waals surface area contributed by atoms with E-state index in [2.05, 4.69) is 16.0 Å². The molecule has 0 aliphatic rings. The number of hydrogen-bond acceptors (Lipinski definition) is 5. The number of amides is 2. The fourth-order valence-corrected chi connectivity index (χ4v) is 2.43. The van der Waals surface area contributed by atoms with Gasteiger partial charge < -0.3 is 20.1 Å². The second-order valence-corrected chi connectivity index (χ2v) is 5.84. The van der Waals surface area contributed by atoms with Crippen LogP contribution in [0.2, 0.25) is 0 Å². The number of carbonyl (C=O) groups excluding carboxylic acids is 2. The molecule has 8 heteroatoms. The van der Waals surface area contributed by atoms with Gasteiger partial charge in [-0.25, -0.2) is 0 Å². The van der Waals surface area contributed by atoms with Gasteiger partial charge in [-0.05, 0) is 48.6 Å². The van der Waals surface area contributed by atoms with Gasteiger partial charge in [-0.1, -0.05) is 12.1 Å². The highest BCUT2D eigenvalue weighted by atomic mass is 32.1. The second-order valence-electron chi connectivity index (χ2n) is 5.43. The van der Waals surface area contributed by atoms with Crippen LogP contribution in [0, 0.1) is 0 Å². The minimum atomic E-state index is -0.364. The summed E-state index contributed by atoms with van der Waals surface area (Å²) in [4.78, 5) is 24.5. The average Bonchev–Trinajstić information content (AvgIpc) is 2.68. The standard InChI is InChI=1S/C19H21N3O4S/c1-25-12-11-20-18(24)15-5-3-4-6-16(15)21-19(27)22-17(23)13-7-9-14(26-2)10-8-13/h3-10H,11-12H2,1-2H3,(H,20,24)(H2,21,22,23,27). The van der Waals surface area contributed by atoms with Crippen molar-refractivity contribution in [1.82, 2.24) is 10.6 Å². The molecule has 0 aliphatic carbocycles. The molecule has 0 aliphatic heterocycles. The number of thiocarbonyl (C=S) groups is 1. The van der Waals surface area contributed by atoms with Crippen LogP contribution in [-0.4, -0.2) is 44.3 Å². The second kappa shape index (κ2) is 10.2. The normalized spacial score (nSPS) is 10.0. The number of hydrogen-bond donors (Lipinski definition) is 3. The fraction of sp³-hybridized carbons (Fsp3) is 0.211. The molecular weight excluding hydrogens is 366 g/mol. The Labute approximate surface area is 163 Å². The summed E-state index contributed by atoms with van der Waals surface area (Å²) < 4.78 is 9.98. The van der Waals surface area contributed by atoms with Gasteiger partial charge in [-0.2, -0.15) is 0 Å². The van der Waals surface area contributed by atoms with Gasteiger partial charge in [0.2, 0.25) is 0 Å². The van der Waals surface area contributed by atoms with Crippen LogP contribution in [-0.2, 0) is 4.74 Å². The Morgan fingerprint density at radius 2 is 1.70 bits per heavy atom. The summed E-state index contributed by atoms with van der Waals surface area (Å²) in [5.74, 6) is 0.0253. The molecule has 2 aromatic carbocycles. The summed E-state index contributed by atoms with van der Waals surface area (Å²) >= 11 is 5.19. The van der Waals surface area contributed by atoms with E-state index in [1.54, 1.807) is 62.8 Å². The van der Waals surface area contributed by atoms with Gasteiger partial charge >= 0.3 is 0 Å². The van der Waals surface area contributed by atoms with Crippen molar-refractivity contribution < 1.29 is 19.1 Å². The maximum absolute atomic E-state index is 12.3. The molecule has 0 saturated heterocycles. The lowest BCUT2D eigenvalue weighted by molar-refractivity contribution is 0.0936. The number of methoxy groups -OCH3 is 2. The van der Waals surface area contributed by atoms with Crippen molar-refractivity contribution in [3.05, 3.63) is 59.7 Å². The summed E-state index contributed by atoms with van der Waals surface area (Å²) in [5.41, 5.74) is 1.34. The van der Waals surface area contributed by atoms with Gasteiger partial charge in [0.1, 0.15) is 5.75 Å². The minimum Gasteiger partial charge on any atom is -0.497 e. The van der Waals surface area contributed by atoms with Crippen LogP contribution >= 0.6 is 12.2 Å². The first-order valence-corrected chi connectivity index (χ1v) is 8.58. The SMILES string of the molecule is COCCNC(=O)c1ccccc1NC(=S)NC(=O)c1ccc(OC)cc1. The van der Waals surface area contributed by atoms with Crippen molar-refractivity contribution in [2.24, 2.45) is 0 Å². The Hall–Kier alpha value is -2.97. The molecule has 142 valence electrons. The zero-order chi connectivity index (χ0) is 19.6. The lowest BCUT2D eigenvalue weighted by Crippen LogP contribution is -2.35. The molecule has 2 amide bonds. The van der Waals surface area contributed by atoms with Gasteiger partial charge in [0.25, 0.3) is 11.8 Å². The molecular formula is C19H21N3O4S. The third-order valence-electron chi connectivity index (χ3n) is 3.59. The summed E-state index contributed by atoms with van der Waals surface area (Å²) in [7, 11) is 3.11. The van der Waals surface area contributed by atoms with Crippen LogP contribution in [0.25, 0.3) is 0 Å². The van der Waals surface area contributed by atoms with E-state index in [9.17, 15) is 9.59 Å². The predicted molar refractivity (Wildman–Crippen MR) is 107 cm³/mol. The van der Waals surface area contributed by atoms with E-state index in [1.165, 1.54) is 0 Å². The molecule has 0 fully saturated rings. The number of ether oxygens (including phenoxy) is 2. The van der Waals surface area contributed by atoms with Crippen molar-refractivity contribution in [1.29, 1.82) is 0 Å². The third kappa shape index (κ3) is 6.05. The number of nitrogens with one attached hydrogen (secondary N) is 3. The molecule has 0 saturated carbocycles. The molecule has 0 unspecified atom stereocenters. The largest absolute Gasteiger partial charge is 0.497 e. The van der Waals surface area contributed by atoms with Gasteiger partial charge in [0.15, 0.2) is 5.11 Å². The zero-order valence-electron chi connectivity index (χ0n) is 15.1. The molecule has 0 radical (unpaired) electrons. The van der Waals surface area contributed by atoms with Gasteiger partial charge in [0, 0.05) is 19.2 Å². The summed E-state index contributed by atoms with van der Waals surface area (Å²) in [5, 5.41) is 8.31. The van der Waals surface area contributed by atoms with Crippen molar-refractivity contribution in [2.45, 2.75) is 0 Å². The summed E-state index contributed by atoms with van der Waals surface area (Å²) in [6.45, 7) is 0.806. The molecule has 0 heterocycles. The average molecular weight is 387 g/mol. The van der Waals surface area contributed by atoms with E-state index in [0.29, 0.717) is 35.7 Å². The van der Waals surface area contributed by atoms with E-state index in [-0.39, 0.29) is 16.9 Å². The smallest absolute Gasteiger partial charge is 0.257 e. The van der Waals surface area contributed by atoms with Gasteiger partial charge in [-0.15, -0.1) is 0 Å². The van der Waals surface area contributed by atoms with Gasteiger partial charge in [0.05, 0.1) is 25.0 Å². The molecule has 7 nitrogen and oxygen atoms in total. The van der Waals surface area contributed by atoms with Crippen molar-refractivity contribution in [3.8, 4) is 5.75 Å². The molecule has 0 spiro atoms. The van der Waals surface area contributed by atoms with Crippen molar-refractivity contribution in [2.75, 3.05) is 32.7 Å². The van der Waals surface area contributed by atoms with Crippen molar-refractivity contribution >= 4 is 34.8 Å². The Morgan fingerprint density at radius 1 is 1.00 bits per heavy atom. The Kier molecular flexibility index (Phi) is 7.72. The molecule has 2 aromatic rings. The third-order valence-corrected chi connectivity index (χ3v) is 3.80. The lowest BCUT2D eigenvalue weighted by Gasteiger charge is -2.13. The van der Waals surface area contributed by atoms with E-state index in [4.69, 9.17) is 21.7 Å². The summed E-state index contributed by atoms with van der Waals surface area (Å²) in [6.07, 6.45) is 0. The topological polar surface area (TPSA) is 88.7 Å². The van der Waals surface area contributed by atoms with Gasteiger partial charge in [-0.3, -0.25) is 14.9 Å². The molecule has 0 aromatic heterocycles. The molecule has 0 atom stereocenters. The highest BCUT2D eigenvalue weighted by Gasteiger charge is 2.13. The lowest BCUT2D eigenvalue weighted by atomic mass is 10.1. The highest BCUT2D eigenvalue weighted by molar-refractivity contribution is 7.80. The van der Waals surface area contributed by atoms with Crippen molar-refractivity contribution in [3.63, 3.8) is 0 Å². The Balaban J connectivity index is 2.00. The van der Waals surface area contributed by atoms with Crippen LogP contribution < -0.4 is 20.7 Å². The Morgan fingerprint density at radius 3 is 2.37 bits per heavy atom. The maximum Gasteiger partial charge on any atom is 0.257 e. The molecule has 2 rings (SSSR count). The van der Waals surface area contributed by atoms with E-state index in [0.717, 1.165) is 0 Å². The van der Waals surface area contributed by atoms with E-state index < -0.39 is 0 Å². The Bertz CT molecular complexity index is 809. The predicted octanol–water partition coefficient (Wildman–Crippen LogP) is 2.20. The van der Waals surface area contributed by atoms with Crippen LogP contribution in [0.4, 0.5) is 5.69 Å². The van der Waals surface area contributed by atoms with Crippen LogP contribution in [0.5, 0.6) is 5.75 Å². The number of carbonyl (C=O) groups is 2. The van der Waals surface area contributed by atoms with Crippen LogP contribution in [0.1, 0.15) is 20.7 Å². The number of rotatable bonds is 7. The highest BCUT2D eigenvalue weighted by Crippen LogP contribution is 2.15. The van der Waals surface area contributed by atoms with Crippen LogP contribution in [0.15, 0.2) is 48.5 Å². The first-order chi connectivity index (χ1) is 13.0. The first kappa shape index (κ1) is 20.3. The quantitative estimate of drug-likeness (QED) is 0.499. The fourth-order valence-electron chi connectivity index (χ4n) is 2.22. The van der Waals surface area contributed by atoms with E-state index >= 15 is 0 Å².